The first-order valence-electron chi connectivity index (χ1n) is 8.31. The van der Waals surface area contributed by atoms with Crippen molar-refractivity contribution in [2.75, 3.05) is 22.9 Å². The van der Waals surface area contributed by atoms with Crippen molar-refractivity contribution in [3.8, 4) is 0 Å². The van der Waals surface area contributed by atoms with E-state index < -0.39 is 0 Å². The Hall–Kier alpha value is -2.29. The molecule has 1 unspecified atom stereocenters. The molecule has 2 aromatic carbocycles. The normalized spacial score (nSPS) is 16.3. The molecule has 0 aromatic heterocycles. The van der Waals surface area contributed by atoms with Gasteiger partial charge < -0.3 is 9.80 Å². The molecule has 2 aromatic rings. The van der Waals surface area contributed by atoms with Crippen molar-refractivity contribution in [3.63, 3.8) is 0 Å². The summed E-state index contributed by atoms with van der Waals surface area (Å²) in [7, 11) is 0. The fourth-order valence-electron chi connectivity index (χ4n) is 3.40. The standard InChI is InChI=1S/C20H24N2O/c1-4-21(18-10-7-8-15(2)12-18)14-20(23)22-16(3)13-17-9-5-6-11-19(17)22/h5-12,16H,4,13-14H2,1-3H3. The average molecular weight is 308 g/mol. The van der Waals surface area contributed by atoms with E-state index in [0.29, 0.717) is 6.54 Å². The molecule has 0 N–H and O–H groups in total. The second kappa shape index (κ2) is 6.45. The quantitative estimate of drug-likeness (QED) is 0.858. The Kier molecular flexibility index (Phi) is 4.37. The van der Waals surface area contributed by atoms with Crippen molar-refractivity contribution in [3.05, 3.63) is 59.7 Å². The number of nitrogens with zero attached hydrogens (tertiary/aromatic N) is 2. The highest BCUT2D eigenvalue weighted by atomic mass is 16.2. The first kappa shape index (κ1) is 15.6. The number of anilines is 2. The molecule has 3 nitrogen and oxygen atoms in total. The summed E-state index contributed by atoms with van der Waals surface area (Å²) in [6, 6.07) is 16.8. The molecule has 0 spiro atoms. The van der Waals surface area contributed by atoms with Crippen LogP contribution in [0.5, 0.6) is 0 Å². The van der Waals surface area contributed by atoms with Crippen molar-refractivity contribution >= 4 is 17.3 Å². The highest BCUT2D eigenvalue weighted by molar-refractivity contribution is 5.98. The SMILES string of the molecule is CCN(CC(=O)N1c2ccccc2CC1C)c1cccc(C)c1. The van der Waals surface area contributed by atoms with Crippen LogP contribution in [0.4, 0.5) is 11.4 Å². The zero-order valence-corrected chi connectivity index (χ0v) is 14.1. The van der Waals surface area contributed by atoms with E-state index in [1.165, 1.54) is 11.1 Å². The number of amides is 1. The first-order valence-corrected chi connectivity index (χ1v) is 8.31. The van der Waals surface area contributed by atoms with E-state index in [-0.39, 0.29) is 11.9 Å². The van der Waals surface area contributed by atoms with Crippen molar-refractivity contribution in [1.29, 1.82) is 0 Å². The number of likely N-dealkylation sites (N-methyl/N-ethyl adjacent to an activating group) is 1. The number of fused-ring (bicyclic) bond motifs is 1. The second-order valence-electron chi connectivity index (χ2n) is 6.30. The van der Waals surface area contributed by atoms with Crippen molar-refractivity contribution in [1.82, 2.24) is 0 Å². The van der Waals surface area contributed by atoms with Gasteiger partial charge in [0.1, 0.15) is 0 Å². The molecule has 3 heteroatoms. The summed E-state index contributed by atoms with van der Waals surface area (Å²) in [5, 5.41) is 0. The molecule has 120 valence electrons. The molecule has 1 aliphatic heterocycles. The second-order valence-corrected chi connectivity index (χ2v) is 6.30. The maximum atomic E-state index is 12.9. The summed E-state index contributed by atoms with van der Waals surface area (Å²) in [6.07, 6.45) is 0.943. The highest BCUT2D eigenvalue weighted by Crippen LogP contribution is 2.32. The topological polar surface area (TPSA) is 23.6 Å². The van der Waals surface area contributed by atoms with Gasteiger partial charge >= 0.3 is 0 Å². The number of carbonyl (C=O) groups excluding carboxylic acids is 1. The van der Waals surface area contributed by atoms with Crippen LogP contribution in [0.3, 0.4) is 0 Å². The number of aryl methyl sites for hydroxylation is 1. The minimum atomic E-state index is 0.172. The molecule has 0 saturated carbocycles. The Morgan fingerprint density at radius 2 is 2.00 bits per heavy atom. The Balaban J connectivity index is 1.81. The van der Waals surface area contributed by atoms with Gasteiger partial charge in [-0.2, -0.15) is 0 Å². The Morgan fingerprint density at radius 3 is 2.74 bits per heavy atom. The molecule has 0 fully saturated rings. The van der Waals surface area contributed by atoms with Gasteiger partial charge in [-0.15, -0.1) is 0 Å². The molecule has 0 bridgehead atoms. The van der Waals surface area contributed by atoms with Gasteiger partial charge in [0.05, 0.1) is 6.54 Å². The van der Waals surface area contributed by atoms with Crippen LogP contribution in [0.1, 0.15) is 25.0 Å². The third-order valence-electron chi connectivity index (χ3n) is 4.55. The zero-order valence-electron chi connectivity index (χ0n) is 14.1. The van der Waals surface area contributed by atoms with Gasteiger partial charge in [0, 0.05) is 24.0 Å². The van der Waals surface area contributed by atoms with E-state index >= 15 is 0 Å². The molecule has 0 radical (unpaired) electrons. The zero-order chi connectivity index (χ0) is 16.4. The number of carbonyl (C=O) groups is 1. The predicted molar refractivity (Wildman–Crippen MR) is 96.2 cm³/mol. The third-order valence-corrected chi connectivity index (χ3v) is 4.55. The van der Waals surface area contributed by atoms with Crippen LogP contribution in [-0.2, 0) is 11.2 Å². The van der Waals surface area contributed by atoms with Crippen molar-refractivity contribution in [2.45, 2.75) is 33.2 Å². The van der Waals surface area contributed by atoms with E-state index in [1.807, 2.05) is 23.1 Å². The highest BCUT2D eigenvalue weighted by Gasteiger charge is 2.31. The van der Waals surface area contributed by atoms with E-state index in [0.717, 1.165) is 24.3 Å². The predicted octanol–water partition coefficient (Wildman–Crippen LogP) is 3.80. The molecule has 1 amide bonds. The fourth-order valence-corrected chi connectivity index (χ4v) is 3.40. The summed E-state index contributed by atoms with van der Waals surface area (Å²) < 4.78 is 0. The lowest BCUT2D eigenvalue weighted by atomic mass is 10.1. The van der Waals surface area contributed by atoms with Gasteiger partial charge in [0.25, 0.3) is 0 Å². The summed E-state index contributed by atoms with van der Waals surface area (Å²) in [4.78, 5) is 17.0. The lowest BCUT2D eigenvalue weighted by Gasteiger charge is -2.28. The largest absolute Gasteiger partial charge is 0.362 e. The lowest BCUT2D eigenvalue weighted by Crippen LogP contribution is -2.43. The van der Waals surface area contributed by atoms with Crippen LogP contribution in [0, 0.1) is 6.92 Å². The third kappa shape index (κ3) is 3.09. The van der Waals surface area contributed by atoms with E-state index in [2.05, 4.69) is 56.0 Å². The van der Waals surface area contributed by atoms with Gasteiger partial charge in [0.2, 0.25) is 5.91 Å². The van der Waals surface area contributed by atoms with Gasteiger partial charge in [-0.25, -0.2) is 0 Å². The minimum Gasteiger partial charge on any atom is -0.362 e. The monoisotopic (exact) mass is 308 g/mol. The van der Waals surface area contributed by atoms with Crippen LogP contribution in [0.2, 0.25) is 0 Å². The maximum absolute atomic E-state index is 12.9. The van der Waals surface area contributed by atoms with Gasteiger partial charge in [-0.3, -0.25) is 4.79 Å². The number of benzene rings is 2. The average Bonchev–Trinajstić information content (AvgIpc) is 2.88. The molecule has 1 atom stereocenters. The van der Waals surface area contributed by atoms with Crippen molar-refractivity contribution < 1.29 is 4.79 Å². The first-order chi connectivity index (χ1) is 11.1. The minimum absolute atomic E-state index is 0.172. The molecule has 1 aliphatic rings. The molecule has 0 aliphatic carbocycles. The van der Waals surface area contributed by atoms with E-state index in [4.69, 9.17) is 0 Å². The Bertz CT molecular complexity index is 710. The molecule has 1 heterocycles. The molecule has 23 heavy (non-hydrogen) atoms. The summed E-state index contributed by atoms with van der Waals surface area (Å²) in [5.74, 6) is 0.172. The molecule has 0 saturated heterocycles. The van der Waals surface area contributed by atoms with Gasteiger partial charge in [-0.1, -0.05) is 30.3 Å². The fraction of sp³-hybridized carbons (Fsp3) is 0.350. The number of hydrogen-bond acceptors (Lipinski definition) is 2. The number of rotatable bonds is 4. The van der Waals surface area contributed by atoms with Crippen LogP contribution >= 0.6 is 0 Å². The van der Waals surface area contributed by atoms with E-state index in [1.54, 1.807) is 0 Å². The van der Waals surface area contributed by atoms with Crippen LogP contribution < -0.4 is 9.80 Å². The summed E-state index contributed by atoms with van der Waals surface area (Å²) in [5.41, 5.74) is 4.67. The molecule has 3 rings (SSSR count). The van der Waals surface area contributed by atoms with Crippen molar-refractivity contribution in [2.24, 2.45) is 0 Å². The molecular weight excluding hydrogens is 284 g/mol. The smallest absolute Gasteiger partial charge is 0.246 e. The number of hydrogen-bond donors (Lipinski definition) is 0. The van der Waals surface area contributed by atoms with E-state index in [9.17, 15) is 4.79 Å². The Labute approximate surface area is 138 Å². The van der Waals surface area contributed by atoms with Crippen LogP contribution in [0.15, 0.2) is 48.5 Å². The lowest BCUT2D eigenvalue weighted by molar-refractivity contribution is -0.117. The van der Waals surface area contributed by atoms with Gasteiger partial charge in [-0.05, 0) is 56.5 Å². The summed E-state index contributed by atoms with van der Waals surface area (Å²) >= 11 is 0. The Morgan fingerprint density at radius 1 is 1.22 bits per heavy atom. The van der Waals surface area contributed by atoms with Crippen LogP contribution in [-0.4, -0.2) is 25.0 Å². The van der Waals surface area contributed by atoms with Gasteiger partial charge in [0.15, 0.2) is 0 Å². The van der Waals surface area contributed by atoms with Crippen LogP contribution in [0.25, 0.3) is 0 Å². The maximum Gasteiger partial charge on any atom is 0.246 e. The summed E-state index contributed by atoms with van der Waals surface area (Å²) in [6.45, 7) is 7.54. The number of para-hydroxylation sites is 1. The molecular formula is C20H24N2O.